The van der Waals surface area contributed by atoms with Gasteiger partial charge in [0, 0.05) is 24.2 Å². The van der Waals surface area contributed by atoms with Crippen molar-refractivity contribution in [2.45, 2.75) is 13.1 Å². The van der Waals surface area contributed by atoms with Crippen LogP contribution in [0.2, 0.25) is 5.02 Å². The summed E-state index contributed by atoms with van der Waals surface area (Å²) < 4.78 is 45.0. The summed E-state index contributed by atoms with van der Waals surface area (Å²) in [6, 6.07) is 3.50. The van der Waals surface area contributed by atoms with Crippen molar-refractivity contribution in [1.82, 2.24) is 24.5 Å². The summed E-state index contributed by atoms with van der Waals surface area (Å²) >= 11 is 8.32. The minimum atomic E-state index is -4.81. The Hall–Kier alpha value is -3.03. The lowest BCUT2D eigenvalue weighted by Crippen LogP contribution is -2.21. The quantitative estimate of drug-likeness (QED) is 0.428. The fourth-order valence-electron chi connectivity index (χ4n) is 2.91. The minimum absolute atomic E-state index is 0.000210. The maximum atomic E-state index is 13.4. The van der Waals surface area contributed by atoms with Crippen LogP contribution in [0.25, 0.3) is 16.0 Å². The molecule has 0 aliphatic rings. The van der Waals surface area contributed by atoms with E-state index in [2.05, 4.69) is 25.1 Å². The van der Waals surface area contributed by atoms with E-state index in [0.717, 1.165) is 20.9 Å². The van der Waals surface area contributed by atoms with Crippen LogP contribution in [-0.2, 0) is 6.18 Å². The van der Waals surface area contributed by atoms with Crippen LogP contribution in [0.3, 0.4) is 0 Å². The molecule has 32 heavy (non-hydrogen) atoms. The van der Waals surface area contributed by atoms with Crippen LogP contribution in [0, 0.1) is 6.92 Å². The highest BCUT2D eigenvalue weighted by Gasteiger charge is 2.37. The van der Waals surface area contributed by atoms with Gasteiger partial charge in [-0.15, -0.1) is 11.3 Å². The molecule has 14 heteroatoms. The predicted octanol–water partition coefficient (Wildman–Crippen LogP) is 4.53. The van der Waals surface area contributed by atoms with Gasteiger partial charge < -0.3 is 10.6 Å². The van der Waals surface area contributed by atoms with Gasteiger partial charge in [-0.25, -0.2) is 9.67 Å². The predicted molar refractivity (Wildman–Crippen MR) is 115 cm³/mol. The van der Waals surface area contributed by atoms with Gasteiger partial charge in [0.2, 0.25) is 0 Å². The normalized spacial score (nSPS) is 11.7. The van der Waals surface area contributed by atoms with Crippen LogP contribution >= 0.6 is 34.5 Å². The third kappa shape index (κ3) is 3.82. The molecule has 2 N–H and O–H groups in total. The van der Waals surface area contributed by atoms with Gasteiger partial charge in [0.15, 0.2) is 11.5 Å². The first kappa shape index (κ1) is 22.2. The smallest absolute Gasteiger partial charge is 0.354 e. The zero-order chi connectivity index (χ0) is 23.2. The number of halogens is 4. The molecule has 0 aliphatic carbocycles. The van der Waals surface area contributed by atoms with Gasteiger partial charge in [-0.2, -0.15) is 22.6 Å². The van der Waals surface area contributed by atoms with Crippen LogP contribution in [0.4, 0.5) is 18.9 Å². The number of hydrogen-bond acceptors (Lipinski definition) is 7. The number of aromatic nitrogens is 4. The number of alkyl halides is 3. The number of pyridine rings is 1. The van der Waals surface area contributed by atoms with Gasteiger partial charge in [0.25, 0.3) is 11.8 Å². The fourth-order valence-corrected chi connectivity index (χ4v) is 5.04. The second-order valence-electron chi connectivity index (χ2n) is 6.39. The largest absolute Gasteiger partial charge is 0.435 e. The Balaban J connectivity index is 1.85. The molecule has 4 heterocycles. The number of fused-ring (bicyclic) bond motifs is 1. The highest BCUT2D eigenvalue weighted by molar-refractivity contribution is 7.23. The van der Waals surface area contributed by atoms with Gasteiger partial charge in [-0.05, 0) is 30.6 Å². The summed E-state index contributed by atoms with van der Waals surface area (Å²) in [4.78, 5) is 30.9. The topological polar surface area (TPSA) is 102 Å². The monoisotopic (exact) mass is 500 g/mol. The van der Waals surface area contributed by atoms with E-state index < -0.39 is 29.4 Å². The highest BCUT2D eigenvalue weighted by atomic mass is 35.5. The van der Waals surface area contributed by atoms with Crippen molar-refractivity contribution in [1.29, 1.82) is 0 Å². The van der Waals surface area contributed by atoms with Crippen LogP contribution in [0.15, 0.2) is 24.4 Å². The van der Waals surface area contributed by atoms with E-state index >= 15 is 0 Å². The molecule has 0 aliphatic heterocycles. The maximum Gasteiger partial charge on any atom is 0.435 e. The number of thiophene rings is 1. The molecule has 0 radical (unpaired) electrons. The van der Waals surface area contributed by atoms with Crippen molar-refractivity contribution < 1.29 is 22.8 Å². The standard InChI is InChI=1S/C18H12ClF3N6O2S2/c1-7-11-12(13(16(30)23-2)31-17(11)27-32-7)25-15(29)9-6-10(18(20,21)22)26-28(9)14-8(19)4-3-5-24-14/h3-6H,1-2H3,(H,23,30)(H,25,29). The Kier molecular flexibility index (Phi) is 5.65. The Morgan fingerprint density at radius 3 is 2.66 bits per heavy atom. The summed E-state index contributed by atoms with van der Waals surface area (Å²) in [5, 5.41) is 9.09. The molecule has 0 unspecified atom stereocenters. The molecule has 0 saturated heterocycles. The van der Waals surface area contributed by atoms with E-state index in [1.807, 2.05) is 0 Å². The molecule has 0 aromatic carbocycles. The van der Waals surface area contributed by atoms with E-state index in [9.17, 15) is 22.8 Å². The molecule has 0 saturated carbocycles. The molecule has 0 bridgehead atoms. The van der Waals surface area contributed by atoms with Crippen molar-refractivity contribution >= 4 is 62.2 Å². The Labute approximate surface area is 191 Å². The lowest BCUT2D eigenvalue weighted by Gasteiger charge is -2.10. The molecule has 0 atom stereocenters. The van der Waals surface area contributed by atoms with Crippen LogP contribution in [0.1, 0.15) is 30.7 Å². The number of rotatable bonds is 4. The van der Waals surface area contributed by atoms with Crippen LogP contribution in [-0.4, -0.2) is 38.0 Å². The van der Waals surface area contributed by atoms with E-state index in [1.54, 1.807) is 6.92 Å². The third-order valence-electron chi connectivity index (χ3n) is 4.35. The average Bonchev–Trinajstić information content (AvgIpc) is 3.43. The molecular formula is C18H12ClF3N6O2S2. The summed E-state index contributed by atoms with van der Waals surface area (Å²) in [5.74, 6) is -1.54. The number of amides is 2. The Bertz CT molecular complexity index is 1360. The lowest BCUT2D eigenvalue weighted by atomic mass is 10.2. The SMILES string of the molecule is CNC(=O)c1sc2nsc(C)c2c1NC(=O)c1cc(C(F)(F)F)nn1-c1ncccc1Cl. The second kappa shape index (κ2) is 8.15. The molecule has 4 aromatic heterocycles. The number of anilines is 1. The van der Waals surface area contributed by atoms with Gasteiger partial charge in [-0.1, -0.05) is 11.6 Å². The number of aryl methyl sites for hydroxylation is 1. The first-order valence-electron chi connectivity index (χ1n) is 8.82. The molecule has 8 nitrogen and oxygen atoms in total. The highest BCUT2D eigenvalue weighted by Crippen LogP contribution is 2.39. The molecular weight excluding hydrogens is 489 g/mol. The Morgan fingerprint density at radius 1 is 1.25 bits per heavy atom. The summed E-state index contributed by atoms with van der Waals surface area (Å²) in [7, 11) is 1.43. The van der Waals surface area contributed by atoms with E-state index in [1.165, 1.54) is 36.9 Å². The first-order chi connectivity index (χ1) is 15.1. The minimum Gasteiger partial charge on any atom is -0.354 e. The summed E-state index contributed by atoms with van der Waals surface area (Å²) in [6.07, 6.45) is -3.50. The van der Waals surface area contributed by atoms with Crippen molar-refractivity contribution in [2.24, 2.45) is 0 Å². The maximum absolute atomic E-state index is 13.4. The number of nitrogens with zero attached hydrogens (tertiary/aromatic N) is 4. The summed E-state index contributed by atoms with van der Waals surface area (Å²) in [6.45, 7) is 1.76. The molecule has 0 spiro atoms. The number of carbonyl (C=O) groups is 2. The van der Waals surface area contributed by atoms with Crippen molar-refractivity contribution in [3.8, 4) is 5.82 Å². The number of hydrogen-bond donors (Lipinski definition) is 2. The van der Waals surface area contributed by atoms with E-state index in [-0.39, 0.29) is 21.4 Å². The van der Waals surface area contributed by atoms with Crippen molar-refractivity contribution in [2.75, 3.05) is 12.4 Å². The second-order valence-corrected chi connectivity index (χ2v) is 8.78. The van der Waals surface area contributed by atoms with Crippen LogP contribution < -0.4 is 10.6 Å². The fraction of sp³-hybridized carbons (Fsp3) is 0.167. The third-order valence-corrected chi connectivity index (χ3v) is 6.60. The number of carbonyl (C=O) groups excluding carboxylic acids is 2. The molecule has 166 valence electrons. The average molecular weight is 501 g/mol. The van der Waals surface area contributed by atoms with Crippen molar-refractivity contribution in [3.05, 3.63) is 50.6 Å². The Morgan fingerprint density at radius 2 is 2.00 bits per heavy atom. The zero-order valence-corrected chi connectivity index (χ0v) is 18.6. The van der Waals surface area contributed by atoms with Crippen LogP contribution in [0.5, 0.6) is 0 Å². The van der Waals surface area contributed by atoms with E-state index in [0.29, 0.717) is 16.3 Å². The first-order valence-corrected chi connectivity index (χ1v) is 10.8. The lowest BCUT2D eigenvalue weighted by molar-refractivity contribution is -0.141. The van der Waals surface area contributed by atoms with Crippen molar-refractivity contribution in [3.63, 3.8) is 0 Å². The molecule has 2 amide bonds. The number of nitrogens with one attached hydrogen (secondary N) is 2. The molecule has 4 aromatic rings. The molecule has 4 rings (SSSR count). The van der Waals surface area contributed by atoms with Gasteiger partial charge in [-0.3, -0.25) is 9.59 Å². The zero-order valence-electron chi connectivity index (χ0n) is 16.2. The van der Waals surface area contributed by atoms with Gasteiger partial charge >= 0.3 is 6.18 Å². The summed E-state index contributed by atoms with van der Waals surface area (Å²) in [5.41, 5.74) is -1.59. The van der Waals surface area contributed by atoms with Gasteiger partial charge in [0.1, 0.15) is 15.4 Å². The van der Waals surface area contributed by atoms with E-state index in [4.69, 9.17) is 11.6 Å². The molecule has 0 fully saturated rings. The van der Waals surface area contributed by atoms with Gasteiger partial charge in [0.05, 0.1) is 16.1 Å².